The van der Waals surface area contributed by atoms with E-state index in [0.29, 0.717) is 0 Å². The van der Waals surface area contributed by atoms with E-state index in [-0.39, 0.29) is 6.92 Å². The van der Waals surface area contributed by atoms with Crippen molar-refractivity contribution in [3.63, 3.8) is 0 Å². The smallest absolute Gasteiger partial charge is 0.241 e. The average Bonchev–Trinajstić information content (AvgIpc) is 2.15. The fourth-order valence-electron chi connectivity index (χ4n) is 0.656. The van der Waals surface area contributed by atoms with Crippen molar-refractivity contribution in [3.8, 4) is 0 Å². The minimum Gasteiger partial charge on any atom is -0.241 e. The zero-order chi connectivity index (χ0) is 13.4. The second-order valence-corrected chi connectivity index (χ2v) is 2.80. The van der Waals surface area contributed by atoms with Crippen LogP contribution in [0.4, 0.5) is 39.5 Å². The van der Waals surface area contributed by atoms with Crippen molar-refractivity contribution in [2.45, 2.75) is 30.9 Å². The third-order valence-corrected chi connectivity index (χ3v) is 1.67. The van der Waals surface area contributed by atoms with Gasteiger partial charge in [0, 0.05) is 0 Å². The average molecular weight is 259 g/mol. The number of allylic oxidation sites excluding steroid dienone is 1. The van der Waals surface area contributed by atoms with Crippen molar-refractivity contribution in [3.05, 3.63) is 12.2 Å². The van der Waals surface area contributed by atoms with E-state index in [9.17, 15) is 39.5 Å². The van der Waals surface area contributed by atoms with Crippen LogP contribution in [-0.4, -0.2) is 23.9 Å². The Morgan fingerprint density at radius 3 is 1.69 bits per heavy atom. The van der Waals surface area contributed by atoms with E-state index in [4.69, 9.17) is 0 Å². The Bertz CT molecular complexity index is 278. The van der Waals surface area contributed by atoms with Crippen LogP contribution in [0.15, 0.2) is 5.83 Å². The van der Waals surface area contributed by atoms with Crippen LogP contribution in [0, 0.1) is 6.33 Å². The van der Waals surface area contributed by atoms with Gasteiger partial charge in [-0.05, 0) is 6.92 Å². The summed E-state index contributed by atoms with van der Waals surface area (Å²) in [6, 6.07) is 0. The van der Waals surface area contributed by atoms with E-state index in [0.717, 1.165) is 0 Å². The van der Waals surface area contributed by atoms with E-state index >= 15 is 0 Å². The first-order chi connectivity index (χ1) is 6.92. The molecule has 0 N–H and O–H groups in total. The standard InChI is InChI=1S/C7H4F9/c1-3(9)5(11,12)7(15,16)6(13,14)4(10)2-8/h3H,1H3. The number of hydrogen-bond donors (Lipinski definition) is 0. The van der Waals surface area contributed by atoms with Gasteiger partial charge in [0.1, 0.15) is 0 Å². The zero-order valence-electron chi connectivity index (χ0n) is 7.48. The molecule has 0 amide bonds. The summed E-state index contributed by atoms with van der Waals surface area (Å²) in [4.78, 5) is 0. The van der Waals surface area contributed by atoms with Crippen LogP contribution in [0.25, 0.3) is 0 Å². The highest BCUT2D eigenvalue weighted by Gasteiger charge is 2.75. The molecule has 0 saturated carbocycles. The maximum Gasteiger partial charge on any atom is 0.381 e. The molecule has 0 saturated heterocycles. The molecule has 1 unspecified atom stereocenters. The Kier molecular flexibility index (Phi) is 3.94. The first kappa shape index (κ1) is 15.1. The molecule has 0 fully saturated rings. The van der Waals surface area contributed by atoms with Crippen LogP contribution < -0.4 is 0 Å². The van der Waals surface area contributed by atoms with E-state index in [1.165, 1.54) is 0 Å². The van der Waals surface area contributed by atoms with Gasteiger partial charge in [-0.1, -0.05) is 0 Å². The molecule has 0 spiro atoms. The second kappa shape index (κ2) is 4.17. The molecule has 1 radical (unpaired) electrons. The van der Waals surface area contributed by atoms with E-state index < -0.39 is 36.1 Å². The Morgan fingerprint density at radius 1 is 1.06 bits per heavy atom. The lowest BCUT2D eigenvalue weighted by atomic mass is 10.0. The molecule has 0 aliphatic heterocycles. The summed E-state index contributed by atoms with van der Waals surface area (Å²) in [5.74, 6) is -22.0. The summed E-state index contributed by atoms with van der Waals surface area (Å²) in [6.45, 7) is -0.120. The third kappa shape index (κ3) is 1.99. The van der Waals surface area contributed by atoms with Gasteiger partial charge in [-0.15, -0.1) is 0 Å². The van der Waals surface area contributed by atoms with Crippen molar-refractivity contribution in [2.75, 3.05) is 0 Å². The molecule has 0 heterocycles. The molecule has 0 bridgehead atoms. The number of halogens is 9. The SMILES string of the molecule is CC(F)C(F)(F)C(F)(F)C(F)(F)/C(F)=[C]\F. The van der Waals surface area contributed by atoms with Crippen LogP contribution in [0.3, 0.4) is 0 Å². The summed E-state index contributed by atoms with van der Waals surface area (Å²) >= 11 is 0. The first-order valence-corrected chi connectivity index (χ1v) is 3.60. The summed E-state index contributed by atoms with van der Waals surface area (Å²) in [7, 11) is 0. The minimum absolute atomic E-state index is 0.120. The number of alkyl halides is 7. The Hall–Kier alpha value is -0.890. The van der Waals surface area contributed by atoms with Gasteiger partial charge < -0.3 is 0 Å². The van der Waals surface area contributed by atoms with Crippen LogP contribution in [0.5, 0.6) is 0 Å². The highest BCUT2D eigenvalue weighted by molar-refractivity contribution is 5.11. The largest absolute Gasteiger partial charge is 0.381 e. The molecule has 0 nitrogen and oxygen atoms in total. The molecule has 0 aliphatic carbocycles. The van der Waals surface area contributed by atoms with Crippen molar-refractivity contribution in [1.29, 1.82) is 0 Å². The van der Waals surface area contributed by atoms with Crippen molar-refractivity contribution >= 4 is 0 Å². The van der Waals surface area contributed by atoms with Crippen molar-refractivity contribution < 1.29 is 39.5 Å². The first-order valence-electron chi connectivity index (χ1n) is 3.60. The molecule has 0 aromatic carbocycles. The molecular formula is C7H4F9. The number of hydrogen-bond acceptors (Lipinski definition) is 0. The van der Waals surface area contributed by atoms with Gasteiger partial charge in [-0.2, -0.15) is 26.3 Å². The Labute approximate surface area is 83.7 Å². The summed E-state index contributed by atoms with van der Waals surface area (Å²) < 4.78 is 110. The van der Waals surface area contributed by atoms with Gasteiger partial charge in [0.15, 0.2) is 12.5 Å². The molecule has 0 aliphatic rings. The van der Waals surface area contributed by atoms with Gasteiger partial charge in [-0.25, -0.2) is 13.2 Å². The molecular weight excluding hydrogens is 255 g/mol. The highest BCUT2D eigenvalue weighted by atomic mass is 19.4. The molecule has 95 valence electrons. The Balaban J connectivity index is 5.52. The molecule has 16 heavy (non-hydrogen) atoms. The van der Waals surface area contributed by atoms with Gasteiger partial charge in [0.25, 0.3) is 0 Å². The lowest BCUT2D eigenvalue weighted by Gasteiger charge is -2.32. The van der Waals surface area contributed by atoms with Gasteiger partial charge >= 0.3 is 17.8 Å². The highest BCUT2D eigenvalue weighted by Crippen LogP contribution is 2.51. The maximum atomic E-state index is 12.5. The molecule has 0 aromatic rings. The van der Waals surface area contributed by atoms with E-state index in [1.807, 2.05) is 0 Å². The van der Waals surface area contributed by atoms with Crippen molar-refractivity contribution in [1.82, 2.24) is 0 Å². The lowest BCUT2D eigenvalue weighted by molar-refractivity contribution is -0.315. The normalized spacial score (nSPS) is 17.5. The molecule has 1 atom stereocenters. The fourth-order valence-corrected chi connectivity index (χ4v) is 0.656. The second-order valence-electron chi connectivity index (χ2n) is 2.80. The predicted octanol–water partition coefficient (Wildman–Crippen LogP) is 3.83. The van der Waals surface area contributed by atoms with E-state index in [2.05, 4.69) is 0 Å². The Morgan fingerprint density at radius 2 is 1.44 bits per heavy atom. The van der Waals surface area contributed by atoms with Crippen LogP contribution in [-0.2, 0) is 0 Å². The van der Waals surface area contributed by atoms with Crippen LogP contribution in [0.1, 0.15) is 6.92 Å². The predicted molar refractivity (Wildman–Crippen MR) is 34.4 cm³/mol. The summed E-state index contributed by atoms with van der Waals surface area (Å²) in [5, 5.41) is 0. The van der Waals surface area contributed by atoms with Gasteiger partial charge in [0.05, 0.1) is 0 Å². The zero-order valence-corrected chi connectivity index (χ0v) is 7.48. The monoisotopic (exact) mass is 259 g/mol. The fraction of sp³-hybridized carbons (Fsp3) is 0.714. The van der Waals surface area contributed by atoms with Crippen LogP contribution in [0.2, 0.25) is 0 Å². The molecule has 9 heteroatoms. The molecule has 0 aromatic heterocycles. The topological polar surface area (TPSA) is 0 Å². The minimum atomic E-state index is -6.42. The molecule has 0 rings (SSSR count). The van der Waals surface area contributed by atoms with Crippen molar-refractivity contribution in [2.24, 2.45) is 0 Å². The van der Waals surface area contributed by atoms with Crippen LogP contribution >= 0.6 is 0 Å². The van der Waals surface area contributed by atoms with Gasteiger partial charge in [-0.3, -0.25) is 0 Å². The summed E-state index contributed by atoms with van der Waals surface area (Å²) in [6.07, 6.45) is -4.19. The number of rotatable bonds is 4. The quantitative estimate of drug-likeness (QED) is 0.673. The maximum absolute atomic E-state index is 12.5. The summed E-state index contributed by atoms with van der Waals surface area (Å²) in [5.41, 5.74) is 0. The lowest BCUT2D eigenvalue weighted by Crippen LogP contribution is -2.58. The van der Waals surface area contributed by atoms with E-state index in [1.54, 1.807) is 0 Å². The third-order valence-electron chi connectivity index (χ3n) is 1.67. The van der Waals surface area contributed by atoms with Gasteiger partial charge in [0.2, 0.25) is 5.83 Å².